The van der Waals surface area contributed by atoms with Crippen molar-refractivity contribution in [3.8, 4) is 5.69 Å². The van der Waals surface area contributed by atoms with Crippen molar-refractivity contribution in [3.63, 3.8) is 0 Å². The third-order valence-corrected chi connectivity index (χ3v) is 4.88. The van der Waals surface area contributed by atoms with Crippen molar-refractivity contribution in [3.05, 3.63) is 47.3 Å². The zero-order valence-corrected chi connectivity index (χ0v) is 16.2. The van der Waals surface area contributed by atoms with Gasteiger partial charge in [0.1, 0.15) is 0 Å². The zero-order valence-electron chi connectivity index (χ0n) is 16.2. The van der Waals surface area contributed by atoms with Crippen molar-refractivity contribution < 1.29 is 35.9 Å². The number of alkyl halides is 6. The molecule has 2 amide bonds. The Morgan fingerprint density at radius 1 is 1.06 bits per heavy atom. The second-order valence-corrected chi connectivity index (χ2v) is 7.13. The lowest BCUT2D eigenvalue weighted by Gasteiger charge is -2.32. The van der Waals surface area contributed by atoms with Crippen LogP contribution in [0.25, 0.3) is 5.69 Å². The molecule has 1 N–H and O–H groups in total. The molecule has 2 aromatic rings. The fourth-order valence-electron chi connectivity index (χ4n) is 3.47. The molecule has 1 saturated heterocycles. The summed E-state index contributed by atoms with van der Waals surface area (Å²) >= 11 is 0. The molecule has 0 radical (unpaired) electrons. The minimum atomic E-state index is -5.04. The summed E-state index contributed by atoms with van der Waals surface area (Å²) in [4.78, 5) is 25.1. The van der Waals surface area contributed by atoms with E-state index >= 15 is 0 Å². The maximum absolute atomic E-state index is 13.8. The Labute approximate surface area is 172 Å². The maximum Gasteiger partial charge on any atom is 0.434 e. The van der Waals surface area contributed by atoms with Gasteiger partial charge in [-0.2, -0.15) is 31.4 Å². The number of nitrogens with zero attached hydrogens (tertiary/aromatic N) is 3. The molecule has 1 fully saturated rings. The van der Waals surface area contributed by atoms with Crippen molar-refractivity contribution in [1.82, 2.24) is 20.0 Å². The van der Waals surface area contributed by atoms with Gasteiger partial charge >= 0.3 is 12.4 Å². The minimum Gasteiger partial charge on any atom is -0.353 e. The van der Waals surface area contributed by atoms with Gasteiger partial charge in [-0.25, -0.2) is 4.68 Å². The van der Waals surface area contributed by atoms with E-state index in [4.69, 9.17) is 0 Å². The normalized spacial score (nSPS) is 15.8. The highest BCUT2D eigenvalue weighted by Crippen LogP contribution is 2.36. The first-order chi connectivity index (χ1) is 14.4. The van der Waals surface area contributed by atoms with Crippen LogP contribution in [-0.4, -0.2) is 45.6 Å². The zero-order chi connectivity index (χ0) is 23.0. The molecule has 0 spiro atoms. The van der Waals surface area contributed by atoms with Gasteiger partial charge < -0.3 is 10.2 Å². The van der Waals surface area contributed by atoms with Gasteiger partial charge in [0.15, 0.2) is 5.69 Å². The predicted molar refractivity (Wildman–Crippen MR) is 96.3 cm³/mol. The Kier molecular flexibility index (Phi) is 6.01. The summed E-state index contributed by atoms with van der Waals surface area (Å²) in [6.07, 6.45) is -8.34. The van der Waals surface area contributed by atoms with Crippen molar-refractivity contribution >= 4 is 11.8 Å². The fraction of sp³-hybridized carbons (Fsp3) is 0.421. The van der Waals surface area contributed by atoms with E-state index in [-0.39, 0.29) is 25.0 Å². The van der Waals surface area contributed by atoms with Crippen molar-refractivity contribution in [2.75, 3.05) is 13.1 Å². The number of likely N-dealkylation sites (tertiary alicyclic amines) is 1. The van der Waals surface area contributed by atoms with E-state index in [1.54, 1.807) is 0 Å². The first-order valence-corrected chi connectivity index (χ1v) is 9.27. The molecule has 31 heavy (non-hydrogen) atoms. The molecular formula is C19H18F6N4O2. The van der Waals surface area contributed by atoms with Crippen LogP contribution in [0.15, 0.2) is 30.5 Å². The molecule has 1 aromatic heterocycles. The molecule has 1 aliphatic rings. The summed E-state index contributed by atoms with van der Waals surface area (Å²) in [7, 11) is 0. The quantitative estimate of drug-likeness (QED) is 0.729. The minimum absolute atomic E-state index is 0.121. The van der Waals surface area contributed by atoms with E-state index in [0.29, 0.717) is 29.8 Å². The number of rotatable bonds is 3. The van der Waals surface area contributed by atoms with Crippen LogP contribution in [0.4, 0.5) is 26.3 Å². The highest BCUT2D eigenvalue weighted by atomic mass is 19.4. The Morgan fingerprint density at radius 2 is 1.71 bits per heavy atom. The van der Waals surface area contributed by atoms with Crippen LogP contribution in [0.2, 0.25) is 0 Å². The SMILES string of the molecule is CC(=O)NC1CCN(C(=O)c2cnn(-c3cccc(C(F)(F)F)c3)c2C(F)(F)F)CC1. The summed E-state index contributed by atoms with van der Waals surface area (Å²) in [5, 5.41) is 6.27. The first-order valence-electron chi connectivity index (χ1n) is 9.27. The van der Waals surface area contributed by atoms with Crippen LogP contribution in [0.5, 0.6) is 0 Å². The van der Waals surface area contributed by atoms with Gasteiger partial charge in [0.05, 0.1) is 23.0 Å². The Balaban J connectivity index is 1.92. The summed E-state index contributed by atoms with van der Waals surface area (Å²) in [5.41, 5.74) is -3.80. The van der Waals surface area contributed by atoms with E-state index in [0.717, 1.165) is 18.2 Å². The number of aromatic nitrogens is 2. The number of carbonyl (C=O) groups is 2. The van der Waals surface area contributed by atoms with Crippen LogP contribution in [0.3, 0.4) is 0 Å². The highest BCUT2D eigenvalue weighted by Gasteiger charge is 2.42. The number of hydrogen-bond acceptors (Lipinski definition) is 3. The first kappa shape index (κ1) is 22.6. The van der Waals surface area contributed by atoms with Crippen LogP contribution in [0.1, 0.15) is 41.4 Å². The molecule has 0 unspecified atom stereocenters. The molecule has 6 nitrogen and oxygen atoms in total. The molecule has 1 aliphatic heterocycles. The second-order valence-electron chi connectivity index (χ2n) is 7.13. The largest absolute Gasteiger partial charge is 0.434 e. The number of hydrogen-bond donors (Lipinski definition) is 1. The summed E-state index contributed by atoms with van der Waals surface area (Å²) in [6.45, 7) is 1.58. The number of piperidine rings is 1. The van der Waals surface area contributed by atoms with Crippen molar-refractivity contribution in [2.45, 2.75) is 38.2 Å². The Morgan fingerprint density at radius 3 is 2.26 bits per heavy atom. The molecule has 0 aliphatic carbocycles. The lowest BCUT2D eigenvalue weighted by atomic mass is 10.0. The predicted octanol–water partition coefficient (Wildman–Crippen LogP) is 3.65. The molecule has 0 saturated carbocycles. The number of amides is 2. The monoisotopic (exact) mass is 448 g/mol. The van der Waals surface area contributed by atoms with E-state index in [1.807, 2.05) is 0 Å². The van der Waals surface area contributed by atoms with Gasteiger partial charge in [0.2, 0.25) is 5.91 Å². The van der Waals surface area contributed by atoms with E-state index in [9.17, 15) is 35.9 Å². The molecule has 3 rings (SSSR count). The van der Waals surface area contributed by atoms with Gasteiger partial charge in [-0.05, 0) is 31.0 Å². The number of benzene rings is 1. The maximum atomic E-state index is 13.8. The van der Waals surface area contributed by atoms with Gasteiger partial charge in [0.25, 0.3) is 5.91 Å². The average Bonchev–Trinajstić information content (AvgIpc) is 3.13. The molecule has 2 heterocycles. The van der Waals surface area contributed by atoms with Gasteiger partial charge in [-0.1, -0.05) is 6.07 Å². The molecular weight excluding hydrogens is 430 g/mol. The number of halogens is 6. The van der Waals surface area contributed by atoms with Crippen LogP contribution in [0, 0.1) is 0 Å². The van der Waals surface area contributed by atoms with E-state index in [2.05, 4.69) is 10.4 Å². The fourth-order valence-corrected chi connectivity index (χ4v) is 3.47. The second kappa shape index (κ2) is 8.23. The lowest BCUT2D eigenvalue weighted by Crippen LogP contribution is -2.46. The summed E-state index contributed by atoms with van der Waals surface area (Å²) in [5.74, 6) is -1.17. The smallest absolute Gasteiger partial charge is 0.353 e. The van der Waals surface area contributed by atoms with Crippen LogP contribution < -0.4 is 5.32 Å². The van der Waals surface area contributed by atoms with Crippen molar-refractivity contribution in [1.29, 1.82) is 0 Å². The van der Waals surface area contributed by atoms with Gasteiger partial charge in [-0.3, -0.25) is 9.59 Å². The molecule has 0 atom stereocenters. The standard InChI is InChI=1S/C19H18F6N4O2/c1-11(30)27-13-5-7-28(8-6-13)17(31)15-10-26-29(16(15)19(23,24)25)14-4-2-3-12(9-14)18(20,21)22/h2-4,9-10,13H,5-8H2,1H3,(H,27,30). The van der Waals surface area contributed by atoms with E-state index in [1.165, 1.54) is 11.8 Å². The molecule has 168 valence electrons. The third-order valence-electron chi connectivity index (χ3n) is 4.88. The highest BCUT2D eigenvalue weighted by molar-refractivity contribution is 5.95. The van der Waals surface area contributed by atoms with Crippen molar-refractivity contribution in [2.24, 2.45) is 0 Å². The molecule has 1 aromatic carbocycles. The Hall–Kier alpha value is -3.05. The number of nitrogens with one attached hydrogen (secondary N) is 1. The average molecular weight is 448 g/mol. The molecule has 0 bridgehead atoms. The number of carbonyl (C=O) groups excluding carboxylic acids is 2. The molecule has 12 heteroatoms. The van der Waals surface area contributed by atoms with Gasteiger partial charge in [0, 0.05) is 26.1 Å². The Bertz CT molecular complexity index is 975. The van der Waals surface area contributed by atoms with E-state index < -0.39 is 40.8 Å². The topological polar surface area (TPSA) is 67.2 Å². The van der Waals surface area contributed by atoms with Crippen LogP contribution >= 0.6 is 0 Å². The van der Waals surface area contributed by atoms with Gasteiger partial charge in [-0.15, -0.1) is 0 Å². The summed E-state index contributed by atoms with van der Waals surface area (Å²) in [6, 6.07) is 3.09. The van der Waals surface area contributed by atoms with Crippen LogP contribution in [-0.2, 0) is 17.1 Å². The third kappa shape index (κ3) is 5.00. The summed E-state index contributed by atoms with van der Waals surface area (Å²) < 4.78 is 80.6. The lowest BCUT2D eigenvalue weighted by molar-refractivity contribution is -0.143.